The van der Waals surface area contributed by atoms with E-state index < -0.39 is 0 Å². The summed E-state index contributed by atoms with van der Waals surface area (Å²) in [7, 11) is 0. The van der Waals surface area contributed by atoms with Crippen LogP contribution < -0.4 is 0 Å². The maximum absolute atomic E-state index is 12.1. The van der Waals surface area contributed by atoms with Crippen molar-refractivity contribution in [2.45, 2.75) is 27.3 Å². The highest BCUT2D eigenvalue weighted by Gasteiger charge is 2.08. The molecule has 20 heavy (non-hydrogen) atoms. The molecule has 1 aromatic carbocycles. The van der Waals surface area contributed by atoms with E-state index in [1.165, 1.54) is 0 Å². The number of hydrogen-bond acceptors (Lipinski definition) is 2. The van der Waals surface area contributed by atoms with Gasteiger partial charge in [-0.3, -0.25) is 9.48 Å². The molecule has 0 spiro atoms. The molecule has 0 aliphatic rings. The van der Waals surface area contributed by atoms with Gasteiger partial charge in [0.05, 0.1) is 5.69 Å². The van der Waals surface area contributed by atoms with Crippen molar-refractivity contribution >= 4 is 34.5 Å². The Bertz CT molecular complexity index is 654. The van der Waals surface area contributed by atoms with Crippen LogP contribution in [0.2, 0.25) is 0 Å². The lowest BCUT2D eigenvalue weighted by Gasteiger charge is -1.99. The number of carbonyl (C=O) groups is 1. The van der Waals surface area contributed by atoms with Gasteiger partial charge < -0.3 is 0 Å². The van der Waals surface area contributed by atoms with Crippen LogP contribution in [0.1, 0.15) is 34.2 Å². The third kappa shape index (κ3) is 3.17. The molecule has 2 rings (SSSR count). The molecule has 0 saturated heterocycles. The molecule has 3 nitrogen and oxygen atoms in total. The first-order chi connectivity index (χ1) is 9.52. The maximum atomic E-state index is 12.1. The molecule has 2 aromatic rings. The SMILES string of the molecule is CCn1nc(C)c(/C=C/C(=O)c2ccc(I)cc2)c1C. The number of hydrogen-bond donors (Lipinski definition) is 0. The van der Waals surface area contributed by atoms with Crippen LogP contribution in [0.15, 0.2) is 30.3 Å². The molecule has 0 saturated carbocycles. The summed E-state index contributed by atoms with van der Waals surface area (Å²) in [6, 6.07) is 7.58. The zero-order chi connectivity index (χ0) is 14.7. The molecule has 0 aliphatic heterocycles. The van der Waals surface area contributed by atoms with Gasteiger partial charge in [0, 0.05) is 26.9 Å². The summed E-state index contributed by atoms with van der Waals surface area (Å²) in [4.78, 5) is 12.1. The van der Waals surface area contributed by atoms with Crippen molar-refractivity contribution in [1.29, 1.82) is 0 Å². The van der Waals surface area contributed by atoms with E-state index in [2.05, 4.69) is 34.6 Å². The predicted octanol–water partition coefficient (Wildman–Crippen LogP) is 4.02. The average Bonchev–Trinajstić information content (AvgIpc) is 2.71. The van der Waals surface area contributed by atoms with E-state index >= 15 is 0 Å². The Morgan fingerprint density at radius 1 is 1.30 bits per heavy atom. The number of allylic oxidation sites excluding steroid dienone is 1. The second kappa shape index (κ2) is 6.35. The molecule has 0 radical (unpaired) electrons. The topological polar surface area (TPSA) is 34.9 Å². The lowest BCUT2D eigenvalue weighted by atomic mass is 10.1. The summed E-state index contributed by atoms with van der Waals surface area (Å²) in [5.41, 5.74) is 3.79. The molecule has 1 aromatic heterocycles. The quantitative estimate of drug-likeness (QED) is 0.456. The lowest BCUT2D eigenvalue weighted by Crippen LogP contribution is -1.98. The van der Waals surface area contributed by atoms with Gasteiger partial charge in [0.2, 0.25) is 0 Å². The average molecular weight is 380 g/mol. The largest absolute Gasteiger partial charge is 0.289 e. The fraction of sp³-hybridized carbons (Fsp3) is 0.250. The van der Waals surface area contributed by atoms with Gasteiger partial charge in [0.15, 0.2) is 5.78 Å². The summed E-state index contributed by atoms with van der Waals surface area (Å²) in [6.45, 7) is 6.89. The number of carbonyl (C=O) groups excluding carboxylic acids is 1. The first-order valence-electron chi connectivity index (χ1n) is 6.55. The van der Waals surface area contributed by atoms with Gasteiger partial charge in [-0.1, -0.05) is 12.1 Å². The molecule has 0 atom stereocenters. The number of aromatic nitrogens is 2. The first-order valence-corrected chi connectivity index (χ1v) is 7.62. The molecule has 4 heteroatoms. The fourth-order valence-electron chi connectivity index (χ4n) is 2.13. The highest BCUT2D eigenvalue weighted by molar-refractivity contribution is 14.1. The third-order valence-electron chi connectivity index (χ3n) is 3.27. The Labute approximate surface area is 132 Å². The number of benzene rings is 1. The van der Waals surface area contributed by atoms with E-state index in [1.54, 1.807) is 6.08 Å². The van der Waals surface area contributed by atoms with Gasteiger partial charge in [-0.25, -0.2) is 0 Å². The van der Waals surface area contributed by atoms with Crippen LogP contribution >= 0.6 is 22.6 Å². The van der Waals surface area contributed by atoms with Crippen molar-refractivity contribution in [3.05, 3.63) is 56.4 Å². The number of rotatable bonds is 4. The zero-order valence-electron chi connectivity index (χ0n) is 11.9. The molecule has 0 aliphatic carbocycles. The van der Waals surface area contributed by atoms with Crippen LogP contribution in [0.3, 0.4) is 0 Å². The Balaban J connectivity index is 2.23. The number of halogens is 1. The molecule has 1 heterocycles. The third-order valence-corrected chi connectivity index (χ3v) is 3.99. The normalized spacial score (nSPS) is 11.2. The molecule has 0 amide bonds. The highest BCUT2D eigenvalue weighted by Crippen LogP contribution is 2.15. The van der Waals surface area contributed by atoms with Crippen molar-refractivity contribution in [2.24, 2.45) is 0 Å². The Morgan fingerprint density at radius 2 is 1.95 bits per heavy atom. The van der Waals surface area contributed by atoms with Gasteiger partial charge >= 0.3 is 0 Å². The second-order valence-corrected chi connectivity index (χ2v) is 5.85. The van der Waals surface area contributed by atoms with Gasteiger partial charge in [0.1, 0.15) is 0 Å². The van der Waals surface area contributed by atoms with Crippen LogP contribution in [0, 0.1) is 17.4 Å². The molecular formula is C16H17IN2O. The summed E-state index contributed by atoms with van der Waals surface area (Å²) in [5, 5.41) is 4.44. The minimum absolute atomic E-state index is 0.0180. The van der Waals surface area contributed by atoms with Crippen LogP contribution in [0.4, 0.5) is 0 Å². The van der Waals surface area contributed by atoms with Gasteiger partial charge in [-0.2, -0.15) is 5.10 Å². The number of aryl methyl sites for hydroxylation is 2. The van der Waals surface area contributed by atoms with E-state index in [4.69, 9.17) is 0 Å². The standard InChI is InChI=1S/C16H17IN2O/c1-4-19-12(3)15(11(2)18-19)9-10-16(20)13-5-7-14(17)8-6-13/h5-10H,4H2,1-3H3/b10-9+. The van der Waals surface area contributed by atoms with Crippen LogP contribution in [-0.2, 0) is 6.54 Å². The summed E-state index contributed by atoms with van der Waals surface area (Å²) in [5.74, 6) is 0.0180. The second-order valence-electron chi connectivity index (χ2n) is 4.60. The van der Waals surface area contributed by atoms with Crippen molar-refractivity contribution in [1.82, 2.24) is 9.78 Å². The maximum Gasteiger partial charge on any atom is 0.185 e. The molecule has 0 N–H and O–H groups in total. The van der Waals surface area contributed by atoms with E-state index in [1.807, 2.05) is 48.9 Å². The number of ketones is 1. The molecule has 0 fully saturated rings. The van der Waals surface area contributed by atoms with Gasteiger partial charge in [-0.15, -0.1) is 0 Å². The zero-order valence-corrected chi connectivity index (χ0v) is 14.0. The Morgan fingerprint density at radius 3 is 2.50 bits per heavy atom. The van der Waals surface area contributed by atoms with E-state index in [9.17, 15) is 4.79 Å². The number of nitrogens with zero attached hydrogens (tertiary/aromatic N) is 2. The fourth-order valence-corrected chi connectivity index (χ4v) is 2.49. The van der Waals surface area contributed by atoms with Crippen molar-refractivity contribution in [3.8, 4) is 0 Å². The highest BCUT2D eigenvalue weighted by atomic mass is 127. The van der Waals surface area contributed by atoms with E-state index in [0.29, 0.717) is 5.56 Å². The molecule has 0 bridgehead atoms. The summed E-state index contributed by atoms with van der Waals surface area (Å²) < 4.78 is 3.07. The van der Waals surface area contributed by atoms with Crippen LogP contribution in [-0.4, -0.2) is 15.6 Å². The Kier molecular flexibility index (Phi) is 4.75. The van der Waals surface area contributed by atoms with Crippen LogP contribution in [0.25, 0.3) is 6.08 Å². The minimum atomic E-state index is 0.0180. The van der Waals surface area contributed by atoms with Crippen molar-refractivity contribution in [3.63, 3.8) is 0 Å². The van der Waals surface area contributed by atoms with Crippen molar-refractivity contribution < 1.29 is 4.79 Å². The van der Waals surface area contributed by atoms with E-state index in [0.717, 1.165) is 27.1 Å². The monoisotopic (exact) mass is 380 g/mol. The summed E-state index contributed by atoms with van der Waals surface area (Å²) >= 11 is 2.23. The smallest absolute Gasteiger partial charge is 0.185 e. The minimum Gasteiger partial charge on any atom is -0.289 e. The molecular weight excluding hydrogens is 363 g/mol. The van der Waals surface area contributed by atoms with Gasteiger partial charge in [0.25, 0.3) is 0 Å². The Hall–Kier alpha value is -1.43. The van der Waals surface area contributed by atoms with Crippen LogP contribution in [0.5, 0.6) is 0 Å². The molecule has 104 valence electrons. The summed E-state index contributed by atoms with van der Waals surface area (Å²) in [6.07, 6.45) is 3.49. The predicted molar refractivity (Wildman–Crippen MR) is 89.9 cm³/mol. The van der Waals surface area contributed by atoms with E-state index in [-0.39, 0.29) is 5.78 Å². The van der Waals surface area contributed by atoms with Crippen molar-refractivity contribution in [2.75, 3.05) is 0 Å². The lowest BCUT2D eigenvalue weighted by molar-refractivity contribution is 0.104. The van der Waals surface area contributed by atoms with Gasteiger partial charge in [-0.05, 0) is 67.6 Å². The first kappa shape index (κ1) is 15.0. The molecule has 0 unspecified atom stereocenters.